The molecule has 0 saturated carbocycles. The number of rotatable bonds is 3. The fourth-order valence-corrected chi connectivity index (χ4v) is 1.28. The molecule has 13 heavy (non-hydrogen) atoms. The van der Waals surface area contributed by atoms with E-state index in [0.717, 1.165) is 0 Å². The lowest BCUT2D eigenvalue weighted by Gasteiger charge is -2.08. The Bertz CT molecular complexity index is 354. The van der Waals surface area contributed by atoms with Gasteiger partial charge in [-0.1, -0.05) is 18.2 Å². The van der Waals surface area contributed by atoms with Crippen molar-refractivity contribution in [3.05, 3.63) is 30.3 Å². The molecule has 0 amide bonds. The smallest absolute Gasteiger partial charge is 0.311 e. The van der Waals surface area contributed by atoms with E-state index in [1.54, 1.807) is 44.2 Å². The minimum Gasteiger partial charge on any atom is -0.382 e. The molecule has 0 unspecified atom stereocenters. The Labute approximate surface area is 78.5 Å². The van der Waals surface area contributed by atoms with Crippen LogP contribution in [-0.4, -0.2) is 13.7 Å². The molecule has 0 aromatic heterocycles. The molecule has 72 valence electrons. The van der Waals surface area contributed by atoms with E-state index < -0.39 is 15.4 Å². The van der Waals surface area contributed by atoms with E-state index in [4.69, 9.17) is 4.18 Å². The molecule has 1 aromatic rings. The molecule has 0 aliphatic rings. The zero-order chi connectivity index (χ0) is 9.90. The predicted molar refractivity (Wildman–Crippen MR) is 51.1 cm³/mol. The molecule has 0 radical (unpaired) electrons. The fourth-order valence-electron chi connectivity index (χ4n) is 0.706. The van der Waals surface area contributed by atoms with Crippen LogP contribution in [0.2, 0.25) is 0 Å². The van der Waals surface area contributed by atoms with Crippen LogP contribution < -0.4 is 4.18 Å². The first-order valence-corrected chi connectivity index (χ1v) is 5.48. The van der Waals surface area contributed by atoms with Gasteiger partial charge in [0, 0.05) is 0 Å². The van der Waals surface area contributed by atoms with Crippen LogP contribution in [0.5, 0.6) is 5.75 Å². The van der Waals surface area contributed by atoms with Crippen LogP contribution in [0.15, 0.2) is 30.3 Å². The van der Waals surface area contributed by atoms with Crippen molar-refractivity contribution >= 4 is 10.1 Å². The highest BCUT2D eigenvalue weighted by atomic mass is 32.2. The van der Waals surface area contributed by atoms with Gasteiger partial charge in [-0.3, -0.25) is 0 Å². The van der Waals surface area contributed by atoms with Crippen LogP contribution in [0, 0.1) is 0 Å². The van der Waals surface area contributed by atoms with E-state index in [9.17, 15) is 8.42 Å². The summed E-state index contributed by atoms with van der Waals surface area (Å²) >= 11 is 0. The molecule has 0 saturated heterocycles. The number of hydrogen-bond acceptors (Lipinski definition) is 3. The largest absolute Gasteiger partial charge is 0.382 e. The number of para-hydroxylation sites is 1. The summed E-state index contributed by atoms with van der Waals surface area (Å²) in [6.07, 6.45) is 0. The Morgan fingerprint density at radius 1 is 1.15 bits per heavy atom. The molecule has 1 rings (SSSR count). The third kappa shape index (κ3) is 2.73. The van der Waals surface area contributed by atoms with Gasteiger partial charge in [-0.05, 0) is 26.0 Å². The maximum absolute atomic E-state index is 11.3. The molecule has 0 aliphatic carbocycles. The third-order valence-electron chi connectivity index (χ3n) is 1.53. The molecule has 0 heterocycles. The molecular formula is C9H12O3S. The van der Waals surface area contributed by atoms with Gasteiger partial charge in [0.25, 0.3) is 0 Å². The zero-order valence-electron chi connectivity index (χ0n) is 7.60. The minimum absolute atomic E-state index is 0.358. The van der Waals surface area contributed by atoms with Crippen molar-refractivity contribution < 1.29 is 12.6 Å². The van der Waals surface area contributed by atoms with Crippen LogP contribution in [0.4, 0.5) is 0 Å². The van der Waals surface area contributed by atoms with Gasteiger partial charge in [-0.25, -0.2) is 0 Å². The Kier molecular flexibility index (Phi) is 2.93. The second-order valence-corrected chi connectivity index (χ2v) is 5.03. The van der Waals surface area contributed by atoms with Crippen molar-refractivity contribution in [1.29, 1.82) is 0 Å². The van der Waals surface area contributed by atoms with E-state index in [0.29, 0.717) is 5.75 Å². The first-order valence-electron chi connectivity index (χ1n) is 4.01. The highest BCUT2D eigenvalue weighted by molar-refractivity contribution is 7.87. The molecule has 0 N–H and O–H groups in total. The first kappa shape index (κ1) is 10.1. The molecule has 0 fully saturated rings. The van der Waals surface area contributed by atoms with Crippen LogP contribution in [0.1, 0.15) is 13.8 Å². The van der Waals surface area contributed by atoms with Crippen molar-refractivity contribution in [1.82, 2.24) is 0 Å². The lowest BCUT2D eigenvalue weighted by Crippen LogP contribution is -2.19. The van der Waals surface area contributed by atoms with Crippen molar-refractivity contribution in [2.45, 2.75) is 19.1 Å². The minimum atomic E-state index is -3.45. The highest BCUT2D eigenvalue weighted by Gasteiger charge is 2.17. The van der Waals surface area contributed by atoms with Crippen LogP contribution in [0.3, 0.4) is 0 Å². The van der Waals surface area contributed by atoms with Gasteiger partial charge in [0.2, 0.25) is 0 Å². The Morgan fingerprint density at radius 2 is 1.69 bits per heavy atom. The van der Waals surface area contributed by atoms with Gasteiger partial charge >= 0.3 is 10.1 Å². The molecule has 4 heteroatoms. The molecular weight excluding hydrogens is 188 g/mol. The lowest BCUT2D eigenvalue weighted by atomic mass is 10.3. The quantitative estimate of drug-likeness (QED) is 0.699. The second-order valence-electron chi connectivity index (χ2n) is 2.94. The first-order chi connectivity index (χ1) is 6.02. The van der Waals surface area contributed by atoms with Crippen molar-refractivity contribution in [2.24, 2.45) is 0 Å². The SMILES string of the molecule is CC(C)S(=O)(=O)Oc1ccccc1. The highest BCUT2D eigenvalue weighted by Crippen LogP contribution is 2.13. The van der Waals surface area contributed by atoms with Crippen LogP contribution >= 0.6 is 0 Å². The average Bonchev–Trinajstić information content (AvgIpc) is 2.05. The van der Waals surface area contributed by atoms with E-state index >= 15 is 0 Å². The molecule has 3 nitrogen and oxygen atoms in total. The standard InChI is InChI=1S/C9H12O3S/c1-8(2)13(10,11)12-9-6-4-3-5-7-9/h3-8H,1-2H3. The molecule has 0 spiro atoms. The summed E-state index contributed by atoms with van der Waals surface area (Å²) in [6, 6.07) is 8.48. The summed E-state index contributed by atoms with van der Waals surface area (Å²) in [5.74, 6) is 0.358. The van der Waals surface area contributed by atoms with Crippen molar-refractivity contribution in [3.8, 4) is 5.75 Å². The Morgan fingerprint density at radius 3 is 2.15 bits per heavy atom. The second kappa shape index (κ2) is 3.79. The van der Waals surface area contributed by atoms with Gasteiger partial charge < -0.3 is 4.18 Å². The summed E-state index contributed by atoms with van der Waals surface area (Å²) in [5.41, 5.74) is 0. The van der Waals surface area contributed by atoms with Gasteiger partial charge in [0.15, 0.2) is 0 Å². The van der Waals surface area contributed by atoms with Gasteiger partial charge in [0.1, 0.15) is 5.75 Å². The molecule has 1 aromatic carbocycles. The maximum atomic E-state index is 11.3. The summed E-state index contributed by atoms with van der Waals surface area (Å²) in [5, 5.41) is -0.521. The van der Waals surface area contributed by atoms with E-state index in [2.05, 4.69) is 0 Å². The van der Waals surface area contributed by atoms with Gasteiger partial charge in [-0.2, -0.15) is 8.42 Å². The topological polar surface area (TPSA) is 43.4 Å². The van der Waals surface area contributed by atoms with Crippen LogP contribution in [-0.2, 0) is 10.1 Å². The summed E-state index contributed by atoms with van der Waals surface area (Å²) in [4.78, 5) is 0. The predicted octanol–water partition coefficient (Wildman–Crippen LogP) is 1.80. The summed E-state index contributed by atoms with van der Waals surface area (Å²) in [6.45, 7) is 3.16. The van der Waals surface area contributed by atoms with Gasteiger partial charge in [-0.15, -0.1) is 0 Å². The summed E-state index contributed by atoms with van der Waals surface area (Å²) < 4.78 is 27.4. The number of hydrogen-bond donors (Lipinski definition) is 0. The van der Waals surface area contributed by atoms with E-state index in [1.807, 2.05) is 0 Å². The molecule has 0 bridgehead atoms. The monoisotopic (exact) mass is 200 g/mol. The van der Waals surface area contributed by atoms with Crippen molar-refractivity contribution in [3.63, 3.8) is 0 Å². The van der Waals surface area contributed by atoms with Crippen LogP contribution in [0.25, 0.3) is 0 Å². The normalized spacial score (nSPS) is 11.6. The fraction of sp³-hybridized carbons (Fsp3) is 0.333. The average molecular weight is 200 g/mol. The Hall–Kier alpha value is -1.03. The third-order valence-corrected chi connectivity index (χ3v) is 3.11. The Balaban J connectivity index is 2.82. The van der Waals surface area contributed by atoms with E-state index in [-0.39, 0.29) is 0 Å². The van der Waals surface area contributed by atoms with E-state index in [1.165, 1.54) is 0 Å². The lowest BCUT2D eigenvalue weighted by molar-refractivity contribution is 0.477. The van der Waals surface area contributed by atoms with Gasteiger partial charge in [0.05, 0.1) is 5.25 Å². The van der Waals surface area contributed by atoms with Crippen molar-refractivity contribution in [2.75, 3.05) is 0 Å². The zero-order valence-corrected chi connectivity index (χ0v) is 8.41. The number of benzene rings is 1. The molecule has 0 aliphatic heterocycles. The maximum Gasteiger partial charge on any atom is 0.311 e. The summed E-state index contributed by atoms with van der Waals surface area (Å²) in [7, 11) is -3.45. The molecule has 0 atom stereocenters.